The second kappa shape index (κ2) is 6.01. The fourth-order valence-electron chi connectivity index (χ4n) is 2.42. The summed E-state index contributed by atoms with van der Waals surface area (Å²) < 4.78 is 0. The van der Waals surface area contributed by atoms with Crippen molar-refractivity contribution in [2.24, 2.45) is 0 Å². The lowest BCUT2D eigenvalue weighted by atomic mass is 10.1. The molecule has 0 aliphatic carbocycles. The van der Waals surface area contributed by atoms with Gasteiger partial charge >= 0.3 is 11.8 Å². The average molecular weight is 268 g/mol. The molecule has 1 atom stereocenters. The predicted octanol–water partition coefficient (Wildman–Crippen LogP) is -1.84. The quantitative estimate of drug-likeness (QED) is 0.587. The maximum absolute atomic E-state index is 11.9. The van der Waals surface area contributed by atoms with E-state index in [1.165, 1.54) is 4.90 Å². The smallest absolute Gasteiger partial charge is 0.312 e. The van der Waals surface area contributed by atoms with Crippen LogP contribution in [-0.2, 0) is 14.4 Å². The molecule has 2 fully saturated rings. The summed E-state index contributed by atoms with van der Waals surface area (Å²) in [6.07, 6.45) is 0.846. The minimum absolute atomic E-state index is 0.0158. The molecule has 19 heavy (non-hydrogen) atoms. The summed E-state index contributed by atoms with van der Waals surface area (Å²) in [7, 11) is 0. The molecule has 106 valence electrons. The Kier molecular flexibility index (Phi) is 4.36. The van der Waals surface area contributed by atoms with E-state index in [4.69, 9.17) is 0 Å². The van der Waals surface area contributed by atoms with Crippen LogP contribution in [0.2, 0.25) is 0 Å². The molecule has 2 aliphatic heterocycles. The molecule has 2 saturated heterocycles. The van der Waals surface area contributed by atoms with E-state index in [-0.39, 0.29) is 18.5 Å². The zero-order valence-electron chi connectivity index (χ0n) is 11.1. The molecule has 0 radical (unpaired) electrons. The van der Waals surface area contributed by atoms with Gasteiger partial charge in [-0.15, -0.1) is 0 Å². The first-order valence-corrected chi connectivity index (χ1v) is 6.70. The van der Waals surface area contributed by atoms with Crippen LogP contribution in [0.25, 0.3) is 0 Å². The van der Waals surface area contributed by atoms with E-state index in [0.29, 0.717) is 32.7 Å². The number of nitrogens with one attached hydrogen (secondary N) is 2. The monoisotopic (exact) mass is 268 g/mol. The van der Waals surface area contributed by atoms with E-state index >= 15 is 0 Å². The Morgan fingerprint density at radius 3 is 2.95 bits per heavy atom. The highest BCUT2D eigenvalue weighted by atomic mass is 16.2. The number of carbonyl (C=O) groups is 3. The summed E-state index contributed by atoms with van der Waals surface area (Å²) in [6.45, 7) is 4.89. The van der Waals surface area contributed by atoms with Crippen LogP contribution < -0.4 is 10.6 Å². The number of rotatable bonds is 4. The molecule has 0 aromatic rings. The molecule has 2 N–H and O–H groups in total. The van der Waals surface area contributed by atoms with Crippen LogP contribution in [0.5, 0.6) is 0 Å². The molecule has 0 saturated carbocycles. The van der Waals surface area contributed by atoms with Gasteiger partial charge in [-0.3, -0.25) is 14.4 Å². The zero-order chi connectivity index (χ0) is 13.8. The van der Waals surface area contributed by atoms with Crippen molar-refractivity contribution in [3.05, 3.63) is 0 Å². The van der Waals surface area contributed by atoms with Crippen molar-refractivity contribution in [1.29, 1.82) is 0 Å². The minimum atomic E-state index is -0.565. The van der Waals surface area contributed by atoms with Gasteiger partial charge in [0.1, 0.15) is 6.54 Å². The molecule has 2 heterocycles. The summed E-state index contributed by atoms with van der Waals surface area (Å²) in [5.74, 6) is -1.26. The standard InChI is InChI=1S/C12H20N4O3/c1-2-3-14-10(17)8-15-7-9-6-13-4-5-16(9)12(19)11(15)18/h9,13H,2-8H2,1H3,(H,14,17). The molecule has 2 aliphatic rings. The second-order valence-corrected chi connectivity index (χ2v) is 4.89. The number of hydrogen-bond donors (Lipinski definition) is 2. The van der Waals surface area contributed by atoms with Crippen molar-refractivity contribution in [1.82, 2.24) is 20.4 Å². The van der Waals surface area contributed by atoms with E-state index in [2.05, 4.69) is 10.6 Å². The molecule has 0 aromatic heterocycles. The Morgan fingerprint density at radius 2 is 2.21 bits per heavy atom. The van der Waals surface area contributed by atoms with Crippen LogP contribution in [0.4, 0.5) is 0 Å². The third kappa shape index (κ3) is 3.04. The second-order valence-electron chi connectivity index (χ2n) is 4.89. The summed E-state index contributed by atoms with van der Waals surface area (Å²) in [5.41, 5.74) is 0. The van der Waals surface area contributed by atoms with Gasteiger partial charge in [-0.2, -0.15) is 0 Å². The molecule has 3 amide bonds. The Hall–Kier alpha value is -1.63. The van der Waals surface area contributed by atoms with Gasteiger partial charge in [0.15, 0.2) is 0 Å². The van der Waals surface area contributed by atoms with E-state index in [1.54, 1.807) is 4.90 Å². The minimum Gasteiger partial charge on any atom is -0.355 e. The third-order valence-electron chi connectivity index (χ3n) is 3.42. The third-order valence-corrected chi connectivity index (χ3v) is 3.42. The first-order chi connectivity index (χ1) is 9.13. The number of nitrogens with zero attached hydrogens (tertiary/aromatic N) is 2. The van der Waals surface area contributed by atoms with E-state index in [9.17, 15) is 14.4 Å². The van der Waals surface area contributed by atoms with Crippen LogP contribution in [0.3, 0.4) is 0 Å². The van der Waals surface area contributed by atoms with Crippen LogP contribution in [0.15, 0.2) is 0 Å². The van der Waals surface area contributed by atoms with Crippen LogP contribution in [-0.4, -0.2) is 72.8 Å². The molecular weight excluding hydrogens is 248 g/mol. The summed E-state index contributed by atoms with van der Waals surface area (Å²) in [5, 5.41) is 5.91. The van der Waals surface area contributed by atoms with Crippen molar-refractivity contribution in [3.8, 4) is 0 Å². The lowest BCUT2D eigenvalue weighted by molar-refractivity contribution is -0.160. The van der Waals surface area contributed by atoms with E-state index in [0.717, 1.165) is 6.42 Å². The Morgan fingerprint density at radius 1 is 1.42 bits per heavy atom. The van der Waals surface area contributed by atoms with E-state index in [1.807, 2.05) is 6.92 Å². The number of carbonyl (C=O) groups excluding carboxylic acids is 3. The van der Waals surface area contributed by atoms with Crippen molar-refractivity contribution < 1.29 is 14.4 Å². The summed E-state index contributed by atoms with van der Waals surface area (Å²) in [6, 6.07) is -0.0158. The molecule has 0 aromatic carbocycles. The molecule has 0 bridgehead atoms. The molecule has 7 heteroatoms. The highest BCUT2D eigenvalue weighted by molar-refractivity contribution is 6.35. The van der Waals surface area contributed by atoms with Crippen molar-refractivity contribution in [2.45, 2.75) is 19.4 Å². The van der Waals surface area contributed by atoms with Crippen molar-refractivity contribution in [3.63, 3.8) is 0 Å². The first-order valence-electron chi connectivity index (χ1n) is 6.70. The topological polar surface area (TPSA) is 81.8 Å². The lowest BCUT2D eigenvalue weighted by Gasteiger charge is -2.43. The fourth-order valence-corrected chi connectivity index (χ4v) is 2.42. The number of hydrogen-bond acceptors (Lipinski definition) is 4. The Balaban J connectivity index is 1.96. The highest BCUT2D eigenvalue weighted by Gasteiger charge is 2.40. The molecule has 7 nitrogen and oxygen atoms in total. The zero-order valence-corrected chi connectivity index (χ0v) is 11.1. The number of amides is 3. The molecule has 0 spiro atoms. The average Bonchev–Trinajstić information content (AvgIpc) is 2.42. The highest BCUT2D eigenvalue weighted by Crippen LogP contribution is 2.13. The first kappa shape index (κ1) is 13.8. The van der Waals surface area contributed by atoms with Gasteiger partial charge < -0.3 is 20.4 Å². The fraction of sp³-hybridized carbons (Fsp3) is 0.750. The van der Waals surface area contributed by atoms with Crippen molar-refractivity contribution in [2.75, 3.05) is 39.3 Å². The molecular formula is C12H20N4O3. The van der Waals surface area contributed by atoms with E-state index < -0.39 is 11.8 Å². The largest absolute Gasteiger partial charge is 0.355 e. The van der Waals surface area contributed by atoms with Gasteiger partial charge in [-0.05, 0) is 6.42 Å². The lowest BCUT2D eigenvalue weighted by Crippen LogP contribution is -2.66. The van der Waals surface area contributed by atoms with Gasteiger partial charge in [0, 0.05) is 32.7 Å². The Bertz CT molecular complexity index is 385. The summed E-state index contributed by atoms with van der Waals surface area (Å²) >= 11 is 0. The normalized spacial score (nSPS) is 23.3. The summed E-state index contributed by atoms with van der Waals surface area (Å²) in [4.78, 5) is 38.5. The maximum atomic E-state index is 11.9. The van der Waals surface area contributed by atoms with Gasteiger partial charge in [-0.1, -0.05) is 6.92 Å². The van der Waals surface area contributed by atoms with Crippen LogP contribution >= 0.6 is 0 Å². The van der Waals surface area contributed by atoms with Crippen LogP contribution in [0, 0.1) is 0 Å². The van der Waals surface area contributed by atoms with Gasteiger partial charge in [-0.25, -0.2) is 0 Å². The SMILES string of the molecule is CCCNC(=O)CN1CC2CNCCN2C(=O)C1=O. The number of piperazine rings is 2. The number of fused-ring (bicyclic) bond motifs is 1. The predicted molar refractivity (Wildman–Crippen MR) is 68.3 cm³/mol. The van der Waals surface area contributed by atoms with Gasteiger partial charge in [0.05, 0.1) is 6.04 Å². The van der Waals surface area contributed by atoms with Gasteiger partial charge in [0.25, 0.3) is 0 Å². The van der Waals surface area contributed by atoms with Crippen LogP contribution in [0.1, 0.15) is 13.3 Å². The Labute approximate surface area is 112 Å². The molecule has 1 unspecified atom stereocenters. The van der Waals surface area contributed by atoms with Gasteiger partial charge in [0.2, 0.25) is 5.91 Å². The molecule has 2 rings (SSSR count). The van der Waals surface area contributed by atoms with Crippen molar-refractivity contribution >= 4 is 17.7 Å². The maximum Gasteiger partial charge on any atom is 0.312 e.